The molecule has 0 spiro atoms. The van der Waals surface area contributed by atoms with Gasteiger partial charge in [-0.2, -0.15) is 5.10 Å². The van der Waals surface area contributed by atoms with E-state index in [0.717, 1.165) is 6.26 Å². The Morgan fingerprint density at radius 3 is 2.62 bits per heavy atom. The molecular formula is C19H17N5O4S. The van der Waals surface area contributed by atoms with Crippen molar-refractivity contribution in [2.24, 2.45) is 0 Å². The third kappa shape index (κ3) is 3.83. The molecule has 2 aromatic heterocycles. The smallest absolute Gasteiger partial charge is 0.277 e. The zero-order valence-corrected chi connectivity index (χ0v) is 16.4. The Morgan fingerprint density at radius 1 is 1.14 bits per heavy atom. The molecule has 0 atom stereocenters. The van der Waals surface area contributed by atoms with Crippen molar-refractivity contribution in [3.63, 3.8) is 0 Å². The molecule has 0 aliphatic carbocycles. The van der Waals surface area contributed by atoms with E-state index in [4.69, 9.17) is 4.74 Å². The molecule has 4 aromatic rings. The number of benzene rings is 2. The summed E-state index contributed by atoms with van der Waals surface area (Å²) in [4.78, 5) is 19.2. The average Bonchev–Trinajstić information content (AvgIpc) is 3.00. The topological polar surface area (TPSA) is 118 Å². The summed E-state index contributed by atoms with van der Waals surface area (Å²) < 4.78 is 33.2. The maximum absolute atomic E-state index is 12.2. The first-order valence-corrected chi connectivity index (χ1v) is 10.5. The van der Waals surface area contributed by atoms with Crippen molar-refractivity contribution in [3.8, 4) is 22.9 Å². The Kier molecular flexibility index (Phi) is 4.55. The van der Waals surface area contributed by atoms with Crippen LogP contribution in [0.2, 0.25) is 0 Å². The molecule has 0 saturated heterocycles. The normalized spacial score (nSPS) is 11.5. The predicted octanol–water partition coefficient (Wildman–Crippen LogP) is 2.56. The molecule has 10 heteroatoms. The number of aryl methyl sites for hydroxylation is 1. The van der Waals surface area contributed by atoms with Crippen LogP contribution < -0.4 is 15.0 Å². The van der Waals surface area contributed by atoms with E-state index in [1.54, 1.807) is 37.3 Å². The first kappa shape index (κ1) is 18.7. The Hall–Kier alpha value is -3.66. The highest BCUT2D eigenvalue weighted by molar-refractivity contribution is 7.92. The second-order valence-electron chi connectivity index (χ2n) is 6.40. The molecule has 0 aliphatic rings. The van der Waals surface area contributed by atoms with Gasteiger partial charge in [0.1, 0.15) is 17.8 Å². The summed E-state index contributed by atoms with van der Waals surface area (Å²) in [5.74, 6) is 1.39. The fourth-order valence-electron chi connectivity index (χ4n) is 2.97. The van der Waals surface area contributed by atoms with Crippen LogP contribution >= 0.6 is 0 Å². The number of sulfonamides is 1. The van der Waals surface area contributed by atoms with Crippen molar-refractivity contribution >= 4 is 21.2 Å². The lowest BCUT2D eigenvalue weighted by Crippen LogP contribution is -2.12. The van der Waals surface area contributed by atoms with E-state index in [9.17, 15) is 13.2 Å². The van der Waals surface area contributed by atoms with Crippen molar-refractivity contribution in [3.05, 3.63) is 70.9 Å². The van der Waals surface area contributed by atoms with Crippen molar-refractivity contribution in [1.82, 2.24) is 19.6 Å². The number of nitrogens with zero attached hydrogens (tertiary/aromatic N) is 3. The molecule has 2 heterocycles. The van der Waals surface area contributed by atoms with Crippen LogP contribution in [-0.2, 0) is 10.0 Å². The highest BCUT2D eigenvalue weighted by atomic mass is 32.2. The monoisotopic (exact) mass is 411 g/mol. The van der Waals surface area contributed by atoms with E-state index in [0.29, 0.717) is 39.8 Å². The third-order valence-corrected chi connectivity index (χ3v) is 4.71. The molecular weight excluding hydrogens is 394 g/mol. The third-order valence-electron chi connectivity index (χ3n) is 4.11. The number of ether oxygens (including phenoxy) is 1. The van der Waals surface area contributed by atoms with E-state index in [1.807, 2.05) is 18.2 Å². The van der Waals surface area contributed by atoms with Gasteiger partial charge in [0.25, 0.3) is 5.56 Å². The van der Waals surface area contributed by atoms with Crippen LogP contribution in [0.15, 0.2) is 59.7 Å². The van der Waals surface area contributed by atoms with E-state index in [2.05, 4.69) is 19.8 Å². The van der Waals surface area contributed by atoms with Crippen LogP contribution in [0, 0.1) is 6.92 Å². The molecule has 148 valence electrons. The fraction of sp³-hybridized carbons (Fsp3) is 0.105. The number of aromatic amines is 1. The summed E-state index contributed by atoms with van der Waals surface area (Å²) in [6.07, 6.45) is 2.34. The lowest BCUT2D eigenvalue weighted by atomic mass is 10.1. The first-order valence-electron chi connectivity index (χ1n) is 8.60. The van der Waals surface area contributed by atoms with Gasteiger partial charge in [-0.1, -0.05) is 18.2 Å². The number of H-pyrrole nitrogens is 1. The molecule has 2 N–H and O–H groups in total. The number of fused-ring (bicyclic) bond motifs is 1. The lowest BCUT2D eigenvalue weighted by Gasteiger charge is -2.13. The second-order valence-corrected chi connectivity index (χ2v) is 8.15. The average molecular weight is 411 g/mol. The minimum atomic E-state index is -3.48. The van der Waals surface area contributed by atoms with Gasteiger partial charge in [-0.25, -0.2) is 17.9 Å². The van der Waals surface area contributed by atoms with Gasteiger partial charge >= 0.3 is 0 Å². The van der Waals surface area contributed by atoms with Crippen LogP contribution in [0.5, 0.6) is 11.5 Å². The van der Waals surface area contributed by atoms with Crippen LogP contribution in [0.3, 0.4) is 0 Å². The largest absolute Gasteiger partial charge is 0.457 e. The number of imidazole rings is 1. The molecule has 0 saturated carbocycles. The number of hydrogen-bond donors (Lipinski definition) is 2. The summed E-state index contributed by atoms with van der Waals surface area (Å²) >= 11 is 0. The van der Waals surface area contributed by atoms with Gasteiger partial charge in [-0.05, 0) is 37.3 Å². The Labute approximate surface area is 166 Å². The Morgan fingerprint density at radius 2 is 1.90 bits per heavy atom. The minimum Gasteiger partial charge on any atom is -0.457 e. The minimum absolute atomic E-state index is 0.301. The van der Waals surface area contributed by atoms with Gasteiger partial charge < -0.3 is 9.72 Å². The Balaban J connectivity index is 1.93. The molecule has 0 amide bonds. The molecule has 0 radical (unpaired) electrons. The standard InChI is InChI=1S/C19H17N5O4S/c1-12-17-19(25)20-11-21-24(17)18(22-12)15-10-13(23-29(2,26)27)8-9-16(15)28-14-6-4-3-5-7-14/h3-11,23H,1-2H3,(H,20,21,25). The molecule has 29 heavy (non-hydrogen) atoms. The predicted molar refractivity (Wildman–Crippen MR) is 109 cm³/mol. The maximum atomic E-state index is 12.2. The number of rotatable bonds is 5. The number of aromatic nitrogens is 4. The number of para-hydroxylation sites is 1. The molecule has 9 nitrogen and oxygen atoms in total. The van der Waals surface area contributed by atoms with E-state index < -0.39 is 10.0 Å². The van der Waals surface area contributed by atoms with Crippen molar-refractivity contribution in [2.75, 3.05) is 11.0 Å². The molecule has 2 aromatic carbocycles. The summed E-state index contributed by atoms with van der Waals surface area (Å²) in [5.41, 5.74) is 1.27. The second kappa shape index (κ2) is 7.06. The van der Waals surface area contributed by atoms with Gasteiger partial charge in [0.05, 0.1) is 17.5 Å². The zero-order chi connectivity index (χ0) is 20.6. The van der Waals surface area contributed by atoms with Gasteiger partial charge in [0.15, 0.2) is 11.3 Å². The SMILES string of the molecule is Cc1nc(-c2cc(NS(C)(=O)=O)ccc2Oc2ccccc2)n2nc[nH]c(=O)c12. The van der Waals surface area contributed by atoms with Crippen LogP contribution in [-0.4, -0.2) is 34.3 Å². The van der Waals surface area contributed by atoms with Crippen molar-refractivity contribution < 1.29 is 13.2 Å². The molecule has 0 fully saturated rings. The summed E-state index contributed by atoms with van der Waals surface area (Å²) in [7, 11) is -3.48. The number of nitrogens with one attached hydrogen (secondary N) is 2. The fourth-order valence-corrected chi connectivity index (χ4v) is 3.52. The molecule has 0 unspecified atom stereocenters. The number of hydrogen-bond acceptors (Lipinski definition) is 6. The highest BCUT2D eigenvalue weighted by Crippen LogP contribution is 2.35. The summed E-state index contributed by atoms with van der Waals surface area (Å²) in [5, 5.41) is 4.20. The Bertz CT molecular complexity index is 1360. The molecule has 0 bridgehead atoms. The first-order chi connectivity index (χ1) is 13.8. The van der Waals surface area contributed by atoms with Crippen LogP contribution in [0.25, 0.3) is 16.9 Å². The van der Waals surface area contributed by atoms with Gasteiger partial charge in [-0.3, -0.25) is 9.52 Å². The van der Waals surface area contributed by atoms with Crippen molar-refractivity contribution in [1.29, 1.82) is 0 Å². The van der Waals surface area contributed by atoms with E-state index in [1.165, 1.54) is 10.8 Å². The number of anilines is 1. The van der Waals surface area contributed by atoms with Crippen LogP contribution in [0.1, 0.15) is 5.69 Å². The quantitative estimate of drug-likeness (QED) is 0.521. The van der Waals surface area contributed by atoms with Gasteiger partial charge in [0.2, 0.25) is 10.0 Å². The lowest BCUT2D eigenvalue weighted by molar-refractivity contribution is 0.484. The molecule has 0 aliphatic heterocycles. The molecule has 4 rings (SSSR count). The van der Waals surface area contributed by atoms with Gasteiger partial charge in [0, 0.05) is 5.69 Å². The van der Waals surface area contributed by atoms with E-state index in [-0.39, 0.29) is 5.56 Å². The van der Waals surface area contributed by atoms with E-state index >= 15 is 0 Å². The van der Waals surface area contributed by atoms with Crippen molar-refractivity contribution in [2.45, 2.75) is 6.92 Å². The summed E-state index contributed by atoms with van der Waals surface area (Å²) in [6, 6.07) is 14.0. The van der Waals surface area contributed by atoms with Crippen LogP contribution in [0.4, 0.5) is 5.69 Å². The maximum Gasteiger partial charge on any atom is 0.277 e. The van der Waals surface area contributed by atoms with Gasteiger partial charge in [-0.15, -0.1) is 0 Å². The highest BCUT2D eigenvalue weighted by Gasteiger charge is 2.19. The zero-order valence-electron chi connectivity index (χ0n) is 15.6. The summed E-state index contributed by atoms with van der Waals surface area (Å²) in [6.45, 7) is 1.70.